The molecule has 114 valence electrons. The van der Waals surface area contributed by atoms with Crippen molar-refractivity contribution in [3.05, 3.63) is 42.0 Å². The Morgan fingerprint density at radius 3 is 2.24 bits per heavy atom. The number of unbranched alkanes of at least 4 members (excludes halogenated alkanes) is 2. The molecule has 0 heterocycles. The van der Waals surface area contributed by atoms with Crippen LogP contribution in [-0.4, -0.2) is 23.1 Å². The normalized spacial score (nSPS) is 11.4. The maximum absolute atomic E-state index is 10.5. The number of hydrogen-bond donors (Lipinski definition) is 1. The molecule has 2 aromatic rings. The van der Waals surface area contributed by atoms with Crippen LogP contribution in [0, 0.1) is 0 Å². The van der Waals surface area contributed by atoms with E-state index >= 15 is 0 Å². The predicted molar refractivity (Wildman–Crippen MR) is 90.7 cm³/mol. The first-order chi connectivity index (χ1) is 10.3. The van der Waals surface area contributed by atoms with Gasteiger partial charge in [0.05, 0.1) is 0 Å². The topological polar surface area (TPSA) is 23.5 Å². The van der Waals surface area contributed by atoms with E-state index in [1.807, 2.05) is 24.3 Å². The fourth-order valence-corrected chi connectivity index (χ4v) is 2.70. The summed E-state index contributed by atoms with van der Waals surface area (Å²) < 4.78 is 0. The molecule has 1 N–H and O–H groups in total. The molecule has 0 saturated carbocycles. The van der Waals surface area contributed by atoms with Gasteiger partial charge in [0.1, 0.15) is 5.75 Å². The van der Waals surface area contributed by atoms with E-state index in [1.54, 1.807) is 0 Å². The van der Waals surface area contributed by atoms with Crippen LogP contribution in [0.3, 0.4) is 0 Å². The highest BCUT2D eigenvalue weighted by Gasteiger charge is 2.10. The lowest BCUT2D eigenvalue weighted by Gasteiger charge is -2.22. The molecule has 0 saturated heterocycles. The highest BCUT2D eigenvalue weighted by molar-refractivity contribution is 5.89. The van der Waals surface area contributed by atoms with Gasteiger partial charge in [0.2, 0.25) is 0 Å². The monoisotopic (exact) mass is 285 g/mol. The van der Waals surface area contributed by atoms with E-state index in [4.69, 9.17) is 0 Å². The number of phenolic OH excluding ortho intramolecular Hbond substituents is 1. The van der Waals surface area contributed by atoms with Crippen molar-refractivity contribution in [2.45, 2.75) is 46.1 Å². The molecule has 0 aliphatic heterocycles. The molecule has 0 radical (unpaired) electrons. The number of hydrogen-bond acceptors (Lipinski definition) is 2. The van der Waals surface area contributed by atoms with Gasteiger partial charge in [-0.25, -0.2) is 0 Å². The summed E-state index contributed by atoms with van der Waals surface area (Å²) in [5, 5.41) is 12.6. The van der Waals surface area contributed by atoms with E-state index in [0.717, 1.165) is 36.0 Å². The zero-order valence-electron chi connectivity index (χ0n) is 13.3. The second kappa shape index (κ2) is 8.04. The van der Waals surface area contributed by atoms with Crippen LogP contribution in [0.15, 0.2) is 36.4 Å². The summed E-state index contributed by atoms with van der Waals surface area (Å²) in [5.41, 5.74) is 1.04. The number of benzene rings is 2. The van der Waals surface area contributed by atoms with Crippen molar-refractivity contribution < 1.29 is 5.11 Å². The van der Waals surface area contributed by atoms with Crippen molar-refractivity contribution in [3.8, 4) is 5.75 Å². The van der Waals surface area contributed by atoms with Crippen LogP contribution in [0.5, 0.6) is 5.75 Å². The largest absolute Gasteiger partial charge is 0.507 e. The van der Waals surface area contributed by atoms with Gasteiger partial charge < -0.3 is 5.11 Å². The lowest BCUT2D eigenvalue weighted by molar-refractivity contribution is 0.254. The van der Waals surface area contributed by atoms with E-state index in [9.17, 15) is 5.11 Å². The third-order valence-corrected chi connectivity index (χ3v) is 4.03. The Balaban J connectivity index is 2.17. The zero-order chi connectivity index (χ0) is 15.1. The second-order valence-corrected chi connectivity index (χ2v) is 5.78. The van der Waals surface area contributed by atoms with Gasteiger partial charge in [-0.05, 0) is 31.3 Å². The maximum atomic E-state index is 10.5. The van der Waals surface area contributed by atoms with Gasteiger partial charge in [0, 0.05) is 17.5 Å². The van der Waals surface area contributed by atoms with Gasteiger partial charge in [-0.1, -0.05) is 63.1 Å². The number of phenols is 1. The smallest absolute Gasteiger partial charge is 0.127 e. The van der Waals surface area contributed by atoms with Gasteiger partial charge in [-0.3, -0.25) is 4.90 Å². The molecule has 0 aliphatic rings. The van der Waals surface area contributed by atoms with Crippen LogP contribution in [0.25, 0.3) is 10.8 Å². The molecule has 0 spiro atoms. The van der Waals surface area contributed by atoms with E-state index < -0.39 is 0 Å². The Bertz CT molecular complexity index is 556. The molecule has 0 bridgehead atoms. The Kier molecular flexibility index (Phi) is 6.06. The fraction of sp³-hybridized carbons (Fsp3) is 0.474. The molecular weight excluding hydrogens is 258 g/mol. The standard InChI is InChI=1S/C19H27NO/c1-3-5-13-20(14-6-4-2)15-17-12-11-16-9-7-8-10-18(16)19(17)21/h7-12,21H,3-6,13-15H2,1-2H3. The highest BCUT2D eigenvalue weighted by Crippen LogP contribution is 2.29. The third-order valence-electron chi connectivity index (χ3n) is 4.03. The molecule has 2 rings (SSSR count). The van der Waals surface area contributed by atoms with Gasteiger partial charge in [-0.15, -0.1) is 0 Å². The summed E-state index contributed by atoms with van der Waals surface area (Å²) in [6, 6.07) is 12.2. The molecule has 2 nitrogen and oxygen atoms in total. The fourth-order valence-electron chi connectivity index (χ4n) is 2.70. The first-order valence-corrected chi connectivity index (χ1v) is 8.18. The van der Waals surface area contributed by atoms with Gasteiger partial charge in [0.25, 0.3) is 0 Å². The summed E-state index contributed by atoms with van der Waals surface area (Å²) in [6.45, 7) is 7.53. The molecule has 2 heteroatoms. The average molecular weight is 285 g/mol. The van der Waals surface area contributed by atoms with Crippen LogP contribution in [-0.2, 0) is 6.54 Å². The van der Waals surface area contributed by atoms with Crippen LogP contribution in [0.4, 0.5) is 0 Å². The molecule has 0 aromatic heterocycles. The number of fused-ring (bicyclic) bond motifs is 1. The van der Waals surface area contributed by atoms with Crippen LogP contribution < -0.4 is 0 Å². The second-order valence-electron chi connectivity index (χ2n) is 5.78. The van der Waals surface area contributed by atoms with E-state index in [-0.39, 0.29) is 0 Å². The first-order valence-electron chi connectivity index (χ1n) is 8.18. The van der Waals surface area contributed by atoms with Crippen molar-refractivity contribution in [1.29, 1.82) is 0 Å². The van der Waals surface area contributed by atoms with Gasteiger partial charge in [-0.2, -0.15) is 0 Å². The predicted octanol–water partition coefficient (Wildman–Crippen LogP) is 4.95. The summed E-state index contributed by atoms with van der Waals surface area (Å²) in [5.74, 6) is 0.450. The molecular formula is C19H27NO. The SMILES string of the molecule is CCCCN(CCCC)Cc1ccc2ccccc2c1O. The van der Waals surface area contributed by atoms with Crippen molar-refractivity contribution >= 4 is 10.8 Å². The van der Waals surface area contributed by atoms with Crippen molar-refractivity contribution in [2.24, 2.45) is 0 Å². The Morgan fingerprint density at radius 1 is 0.905 bits per heavy atom. The van der Waals surface area contributed by atoms with Crippen LogP contribution >= 0.6 is 0 Å². The molecule has 0 atom stereocenters. The van der Waals surface area contributed by atoms with E-state index in [1.165, 1.54) is 25.7 Å². The lowest BCUT2D eigenvalue weighted by Crippen LogP contribution is -2.25. The molecule has 0 fully saturated rings. The minimum atomic E-state index is 0.450. The first kappa shape index (κ1) is 15.8. The quantitative estimate of drug-likeness (QED) is 0.742. The molecule has 0 amide bonds. The van der Waals surface area contributed by atoms with Gasteiger partial charge in [0.15, 0.2) is 0 Å². The van der Waals surface area contributed by atoms with Crippen LogP contribution in [0.1, 0.15) is 45.1 Å². The van der Waals surface area contributed by atoms with Crippen LogP contribution in [0.2, 0.25) is 0 Å². The maximum Gasteiger partial charge on any atom is 0.127 e. The molecule has 21 heavy (non-hydrogen) atoms. The highest BCUT2D eigenvalue weighted by atomic mass is 16.3. The third kappa shape index (κ3) is 4.21. The zero-order valence-corrected chi connectivity index (χ0v) is 13.3. The molecule has 2 aromatic carbocycles. The minimum Gasteiger partial charge on any atom is -0.507 e. The summed E-state index contributed by atoms with van der Waals surface area (Å²) >= 11 is 0. The number of aromatic hydroxyl groups is 1. The minimum absolute atomic E-state index is 0.450. The van der Waals surface area contributed by atoms with E-state index in [2.05, 4.69) is 30.9 Å². The summed E-state index contributed by atoms with van der Waals surface area (Å²) in [7, 11) is 0. The Hall–Kier alpha value is -1.54. The van der Waals surface area contributed by atoms with Crippen molar-refractivity contribution in [2.75, 3.05) is 13.1 Å². The molecule has 0 unspecified atom stereocenters. The number of nitrogens with zero attached hydrogens (tertiary/aromatic N) is 1. The lowest BCUT2D eigenvalue weighted by atomic mass is 10.0. The summed E-state index contributed by atoms with van der Waals surface area (Å²) in [6.07, 6.45) is 4.87. The van der Waals surface area contributed by atoms with E-state index in [0.29, 0.717) is 5.75 Å². The van der Waals surface area contributed by atoms with Gasteiger partial charge >= 0.3 is 0 Å². The number of rotatable bonds is 8. The Morgan fingerprint density at radius 2 is 1.57 bits per heavy atom. The van der Waals surface area contributed by atoms with Crippen molar-refractivity contribution in [1.82, 2.24) is 4.90 Å². The van der Waals surface area contributed by atoms with Crippen molar-refractivity contribution in [3.63, 3.8) is 0 Å². The average Bonchev–Trinajstić information content (AvgIpc) is 2.52. The Labute approximate surface area is 128 Å². The molecule has 0 aliphatic carbocycles. The summed E-state index contributed by atoms with van der Waals surface area (Å²) in [4.78, 5) is 2.47.